The molecule has 1 aromatic carbocycles. The SMILES string of the molecule is Cc1cccc(Oc2nc3c(C)cccn3c(=O)c2/C=C2/SC(=S)N(C3CCCC3)C2=O)c1C. The third-order valence-electron chi connectivity index (χ3n) is 6.60. The van der Waals surface area contributed by atoms with Gasteiger partial charge in [-0.25, -0.2) is 0 Å². The van der Waals surface area contributed by atoms with Crippen molar-refractivity contribution in [2.24, 2.45) is 0 Å². The van der Waals surface area contributed by atoms with E-state index < -0.39 is 0 Å². The first-order chi connectivity index (χ1) is 16.3. The number of hydrogen-bond donors (Lipinski definition) is 0. The fraction of sp³-hybridized carbons (Fsp3) is 0.308. The third-order valence-corrected chi connectivity index (χ3v) is 7.93. The van der Waals surface area contributed by atoms with Gasteiger partial charge in [-0.1, -0.05) is 55.0 Å². The number of carbonyl (C=O) groups excluding carboxylic acids is 1. The highest BCUT2D eigenvalue weighted by Crippen LogP contribution is 2.38. The van der Waals surface area contributed by atoms with E-state index in [4.69, 9.17) is 21.9 Å². The summed E-state index contributed by atoms with van der Waals surface area (Å²) < 4.78 is 8.27. The molecule has 0 radical (unpaired) electrons. The molecule has 0 N–H and O–H groups in total. The molecule has 1 aliphatic carbocycles. The van der Waals surface area contributed by atoms with Crippen molar-refractivity contribution < 1.29 is 9.53 Å². The van der Waals surface area contributed by atoms with E-state index in [1.165, 1.54) is 16.2 Å². The van der Waals surface area contributed by atoms with Crippen LogP contribution in [-0.2, 0) is 4.79 Å². The number of ether oxygens (including phenoxy) is 1. The molecule has 2 aromatic heterocycles. The summed E-state index contributed by atoms with van der Waals surface area (Å²) in [5.74, 6) is 0.658. The Morgan fingerprint density at radius 2 is 1.82 bits per heavy atom. The van der Waals surface area contributed by atoms with Gasteiger partial charge in [0.2, 0.25) is 5.88 Å². The van der Waals surface area contributed by atoms with Gasteiger partial charge in [-0.15, -0.1) is 0 Å². The minimum absolute atomic E-state index is 0.141. The van der Waals surface area contributed by atoms with Crippen LogP contribution in [0.4, 0.5) is 0 Å². The number of thioether (sulfide) groups is 1. The van der Waals surface area contributed by atoms with Crippen molar-refractivity contribution in [1.82, 2.24) is 14.3 Å². The molecule has 5 rings (SSSR count). The van der Waals surface area contributed by atoms with Crippen LogP contribution in [-0.4, -0.2) is 30.6 Å². The maximum absolute atomic E-state index is 13.6. The molecule has 34 heavy (non-hydrogen) atoms. The first kappa shape index (κ1) is 22.8. The van der Waals surface area contributed by atoms with Crippen LogP contribution in [0.25, 0.3) is 11.7 Å². The number of fused-ring (bicyclic) bond motifs is 1. The zero-order valence-corrected chi connectivity index (χ0v) is 21.0. The summed E-state index contributed by atoms with van der Waals surface area (Å²) in [6.45, 7) is 5.87. The van der Waals surface area contributed by atoms with E-state index in [1.54, 1.807) is 23.2 Å². The molecule has 0 bridgehead atoms. The lowest BCUT2D eigenvalue weighted by molar-refractivity contribution is -0.123. The number of aromatic nitrogens is 2. The minimum atomic E-state index is -0.292. The molecule has 1 saturated carbocycles. The van der Waals surface area contributed by atoms with Crippen LogP contribution in [0.5, 0.6) is 11.6 Å². The van der Waals surface area contributed by atoms with Gasteiger partial charge in [0, 0.05) is 12.2 Å². The first-order valence-corrected chi connectivity index (χ1v) is 12.6. The molecule has 2 fully saturated rings. The van der Waals surface area contributed by atoms with Crippen molar-refractivity contribution in [1.29, 1.82) is 0 Å². The van der Waals surface area contributed by atoms with Gasteiger partial charge >= 0.3 is 0 Å². The third kappa shape index (κ3) is 3.95. The van der Waals surface area contributed by atoms with E-state index in [0.29, 0.717) is 20.6 Å². The van der Waals surface area contributed by atoms with Crippen LogP contribution in [0.3, 0.4) is 0 Å². The van der Waals surface area contributed by atoms with Crippen molar-refractivity contribution in [3.63, 3.8) is 0 Å². The number of thiocarbonyl (C=S) groups is 1. The predicted octanol–water partition coefficient (Wildman–Crippen LogP) is 5.56. The highest BCUT2D eigenvalue weighted by molar-refractivity contribution is 8.26. The van der Waals surface area contributed by atoms with Crippen LogP contribution >= 0.6 is 24.0 Å². The lowest BCUT2D eigenvalue weighted by Gasteiger charge is -2.21. The average molecular weight is 492 g/mol. The molecule has 1 aliphatic heterocycles. The van der Waals surface area contributed by atoms with Crippen LogP contribution in [0.1, 0.15) is 47.9 Å². The second-order valence-corrected chi connectivity index (χ2v) is 10.5. The van der Waals surface area contributed by atoms with Crippen molar-refractivity contribution in [2.75, 3.05) is 0 Å². The number of aryl methyl sites for hydroxylation is 2. The quantitative estimate of drug-likeness (QED) is 0.352. The Morgan fingerprint density at radius 3 is 2.59 bits per heavy atom. The second kappa shape index (κ2) is 9.00. The molecule has 3 aromatic rings. The topological polar surface area (TPSA) is 63.9 Å². The maximum Gasteiger partial charge on any atom is 0.269 e. The number of pyridine rings is 1. The van der Waals surface area contributed by atoms with Crippen molar-refractivity contribution in [2.45, 2.75) is 52.5 Å². The van der Waals surface area contributed by atoms with Crippen LogP contribution < -0.4 is 10.3 Å². The summed E-state index contributed by atoms with van der Waals surface area (Å²) in [6.07, 6.45) is 7.40. The summed E-state index contributed by atoms with van der Waals surface area (Å²) >= 11 is 6.78. The zero-order chi connectivity index (χ0) is 24.0. The van der Waals surface area contributed by atoms with E-state index in [-0.39, 0.29) is 29.0 Å². The molecular weight excluding hydrogens is 466 g/mol. The number of hydrogen-bond acceptors (Lipinski definition) is 6. The summed E-state index contributed by atoms with van der Waals surface area (Å²) in [4.78, 5) is 33.7. The molecule has 0 spiro atoms. The molecular formula is C26H25N3O3S2. The molecule has 6 nitrogen and oxygen atoms in total. The summed E-state index contributed by atoms with van der Waals surface area (Å²) in [6, 6.07) is 9.61. The Bertz CT molecular complexity index is 1420. The van der Waals surface area contributed by atoms with E-state index in [9.17, 15) is 9.59 Å². The van der Waals surface area contributed by atoms with Gasteiger partial charge in [-0.2, -0.15) is 4.98 Å². The predicted molar refractivity (Wildman–Crippen MR) is 139 cm³/mol. The molecule has 8 heteroatoms. The summed E-state index contributed by atoms with van der Waals surface area (Å²) in [5, 5.41) is 0. The fourth-order valence-corrected chi connectivity index (χ4v) is 5.90. The fourth-order valence-electron chi connectivity index (χ4n) is 4.52. The molecule has 0 atom stereocenters. The Balaban J connectivity index is 1.65. The standard InChI is InChI=1S/C26H25N3O3S2/c1-15-8-6-12-20(17(15)3)32-23-19(24(30)28-13-7-9-16(2)22(28)27-23)14-21-25(31)29(26(33)34-21)18-10-4-5-11-18/h6-9,12-14,18H,4-5,10-11H2,1-3H3/b21-14+. The zero-order valence-electron chi connectivity index (χ0n) is 19.3. The monoisotopic (exact) mass is 491 g/mol. The van der Waals surface area contributed by atoms with E-state index in [2.05, 4.69) is 0 Å². The number of amides is 1. The average Bonchev–Trinajstić information content (AvgIpc) is 3.42. The van der Waals surface area contributed by atoms with Gasteiger partial charge in [0.1, 0.15) is 21.3 Å². The van der Waals surface area contributed by atoms with Crippen molar-refractivity contribution in [3.8, 4) is 11.6 Å². The van der Waals surface area contributed by atoms with Crippen LogP contribution in [0, 0.1) is 20.8 Å². The van der Waals surface area contributed by atoms with Crippen molar-refractivity contribution >= 4 is 45.9 Å². The largest absolute Gasteiger partial charge is 0.438 e. The van der Waals surface area contributed by atoms with E-state index >= 15 is 0 Å². The van der Waals surface area contributed by atoms with Gasteiger partial charge in [-0.05, 0) is 68.5 Å². The lowest BCUT2D eigenvalue weighted by Crippen LogP contribution is -2.36. The molecule has 0 unspecified atom stereocenters. The Hall–Kier alpha value is -2.97. The second-order valence-electron chi connectivity index (χ2n) is 8.81. The molecule has 2 aliphatic rings. The normalized spacial score (nSPS) is 18.0. The van der Waals surface area contributed by atoms with E-state index in [1.807, 2.05) is 45.0 Å². The smallest absolute Gasteiger partial charge is 0.269 e. The molecule has 174 valence electrons. The van der Waals surface area contributed by atoms with Crippen LogP contribution in [0.15, 0.2) is 46.2 Å². The maximum atomic E-state index is 13.6. The highest BCUT2D eigenvalue weighted by Gasteiger charge is 2.38. The number of benzene rings is 1. The van der Waals surface area contributed by atoms with Gasteiger partial charge in [0.15, 0.2) is 0 Å². The summed E-state index contributed by atoms with van der Waals surface area (Å²) in [7, 11) is 0. The van der Waals surface area contributed by atoms with Gasteiger partial charge in [-0.3, -0.25) is 18.9 Å². The van der Waals surface area contributed by atoms with Gasteiger partial charge in [0.25, 0.3) is 11.5 Å². The molecule has 3 heterocycles. The Morgan fingerprint density at radius 1 is 1.09 bits per heavy atom. The highest BCUT2D eigenvalue weighted by atomic mass is 32.2. The van der Waals surface area contributed by atoms with Crippen LogP contribution in [0.2, 0.25) is 0 Å². The molecule has 1 saturated heterocycles. The van der Waals surface area contributed by atoms with Gasteiger partial charge < -0.3 is 4.74 Å². The molecule has 1 amide bonds. The Kier molecular flexibility index (Phi) is 6.04. The minimum Gasteiger partial charge on any atom is -0.438 e. The Labute approximate surface area is 207 Å². The van der Waals surface area contributed by atoms with E-state index in [0.717, 1.165) is 42.4 Å². The lowest BCUT2D eigenvalue weighted by atomic mass is 10.1. The van der Waals surface area contributed by atoms with Crippen molar-refractivity contribution in [3.05, 3.63) is 74.0 Å². The first-order valence-electron chi connectivity index (χ1n) is 11.4. The number of nitrogens with zero attached hydrogens (tertiary/aromatic N) is 3. The number of carbonyl (C=O) groups is 1. The summed E-state index contributed by atoms with van der Waals surface area (Å²) in [5.41, 5.74) is 3.35. The van der Waals surface area contributed by atoms with Gasteiger partial charge in [0.05, 0.1) is 4.91 Å². The number of rotatable bonds is 4.